The highest BCUT2D eigenvalue weighted by Gasteiger charge is 2.40. The van der Waals surface area contributed by atoms with Gasteiger partial charge in [0.25, 0.3) is 5.91 Å². The maximum atomic E-state index is 11.8. The summed E-state index contributed by atoms with van der Waals surface area (Å²) in [5, 5.41) is 3.04. The van der Waals surface area contributed by atoms with Gasteiger partial charge in [0.2, 0.25) is 0 Å². The SMILES string of the molecule is Cc1ccc(NC2C(=O)N(C)C(=O)N2C)cc1. The molecule has 1 fully saturated rings. The number of aryl methyl sites for hydroxylation is 1. The van der Waals surface area contributed by atoms with E-state index in [-0.39, 0.29) is 11.9 Å². The monoisotopic (exact) mass is 233 g/mol. The van der Waals surface area contributed by atoms with Gasteiger partial charge in [0, 0.05) is 19.8 Å². The van der Waals surface area contributed by atoms with Crippen LogP contribution in [0.5, 0.6) is 0 Å². The summed E-state index contributed by atoms with van der Waals surface area (Å²) >= 11 is 0. The third kappa shape index (κ3) is 1.95. The van der Waals surface area contributed by atoms with Crippen molar-refractivity contribution >= 4 is 17.6 Å². The fourth-order valence-electron chi connectivity index (χ4n) is 1.76. The van der Waals surface area contributed by atoms with Gasteiger partial charge in [-0.05, 0) is 19.1 Å². The number of nitrogens with zero attached hydrogens (tertiary/aromatic N) is 2. The van der Waals surface area contributed by atoms with Crippen molar-refractivity contribution in [1.29, 1.82) is 0 Å². The van der Waals surface area contributed by atoms with Crippen LogP contribution in [0, 0.1) is 6.92 Å². The van der Waals surface area contributed by atoms with Crippen molar-refractivity contribution in [3.8, 4) is 0 Å². The molecule has 0 aliphatic carbocycles. The molecule has 1 aromatic rings. The smallest absolute Gasteiger partial charge is 0.328 e. The number of rotatable bonds is 2. The number of carbonyl (C=O) groups excluding carboxylic acids is 2. The number of likely N-dealkylation sites (N-methyl/N-ethyl adjacent to an activating group) is 2. The van der Waals surface area contributed by atoms with Crippen molar-refractivity contribution in [1.82, 2.24) is 9.80 Å². The Morgan fingerprint density at radius 3 is 2.18 bits per heavy atom. The highest BCUT2D eigenvalue weighted by Crippen LogP contribution is 2.17. The highest BCUT2D eigenvalue weighted by molar-refractivity contribution is 6.04. The quantitative estimate of drug-likeness (QED) is 0.782. The number of anilines is 1. The molecule has 17 heavy (non-hydrogen) atoms. The van der Waals surface area contributed by atoms with Gasteiger partial charge >= 0.3 is 6.03 Å². The van der Waals surface area contributed by atoms with E-state index in [0.717, 1.165) is 16.2 Å². The van der Waals surface area contributed by atoms with E-state index in [2.05, 4.69) is 5.32 Å². The first-order valence-corrected chi connectivity index (χ1v) is 5.38. The molecule has 90 valence electrons. The Morgan fingerprint density at radius 1 is 1.12 bits per heavy atom. The molecule has 1 aromatic carbocycles. The lowest BCUT2D eigenvalue weighted by molar-refractivity contribution is -0.126. The summed E-state index contributed by atoms with van der Waals surface area (Å²) in [6, 6.07) is 7.39. The first-order chi connectivity index (χ1) is 8.00. The molecule has 0 saturated carbocycles. The van der Waals surface area contributed by atoms with Gasteiger partial charge in [-0.2, -0.15) is 0 Å². The van der Waals surface area contributed by atoms with Gasteiger partial charge in [-0.3, -0.25) is 14.6 Å². The second kappa shape index (κ2) is 4.08. The minimum Gasteiger partial charge on any atom is -0.357 e. The lowest BCUT2D eigenvalue weighted by Gasteiger charge is -2.18. The number of carbonyl (C=O) groups is 2. The summed E-state index contributed by atoms with van der Waals surface area (Å²) in [5.41, 5.74) is 1.97. The van der Waals surface area contributed by atoms with E-state index in [9.17, 15) is 9.59 Å². The number of imide groups is 1. The summed E-state index contributed by atoms with van der Waals surface area (Å²) in [5.74, 6) is -0.238. The van der Waals surface area contributed by atoms with Gasteiger partial charge in [0.15, 0.2) is 6.17 Å². The molecule has 1 unspecified atom stereocenters. The van der Waals surface area contributed by atoms with Crippen molar-refractivity contribution in [2.75, 3.05) is 19.4 Å². The minimum absolute atomic E-state index is 0.238. The molecule has 5 nitrogen and oxygen atoms in total. The van der Waals surface area contributed by atoms with Crippen LogP contribution in [0.25, 0.3) is 0 Å². The van der Waals surface area contributed by atoms with Crippen molar-refractivity contribution < 1.29 is 9.59 Å². The maximum Gasteiger partial charge on any atom is 0.328 e. The zero-order valence-electron chi connectivity index (χ0n) is 10.1. The number of hydrogen-bond donors (Lipinski definition) is 1. The molecular formula is C12H15N3O2. The van der Waals surface area contributed by atoms with Crippen molar-refractivity contribution in [3.05, 3.63) is 29.8 Å². The van der Waals surface area contributed by atoms with Gasteiger partial charge < -0.3 is 5.32 Å². The molecule has 1 N–H and O–H groups in total. The summed E-state index contributed by atoms with van der Waals surface area (Å²) < 4.78 is 0. The fraction of sp³-hybridized carbons (Fsp3) is 0.333. The standard InChI is InChI=1S/C12H15N3O2/c1-8-4-6-9(7-5-8)13-10-11(16)15(3)12(17)14(10)2/h4-7,10,13H,1-3H3. The van der Waals surface area contributed by atoms with Crippen LogP contribution in [0.3, 0.4) is 0 Å². The Bertz CT molecular complexity index is 455. The average Bonchev–Trinajstić information content (AvgIpc) is 2.50. The Balaban J connectivity index is 2.16. The molecule has 0 radical (unpaired) electrons. The van der Waals surface area contributed by atoms with Gasteiger partial charge in [-0.25, -0.2) is 4.79 Å². The van der Waals surface area contributed by atoms with Gasteiger partial charge in [0.05, 0.1) is 0 Å². The molecule has 3 amide bonds. The van der Waals surface area contributed by atoms with Crippen LogP contribution in [-0.2, 0) is 4.79 Å². The topological polar surface area (TPSA) is 52.7 Å². The summed E-state index contributed by atoms with van der Waals surface area (Å²) in [4.78, 5) is 25.9. The Hall–Kier alpha value is -2.04. The number of benzene rings is 1. The minimum atomic E-state index is -0.616. The summed E-state index contributed by atoms with van der Waals surface area (Å²) in [6.07, 6.45) is -0.616. The number of amides is 3. The normalized spacial score (nSPS) is 20.1. The van der Waals surface area contributed by atoms with Crippen LogP contribution >= 0.6 is 0 Å². The third-order valence-corrected chi connectivity index (χ3v) is 2.90. The zero-order valence-corrected chi connectivity index (χ0v) is 10.1. The van der Waals surface area contributed by atoms with Crippen molar-refractivity contribution in [2.24, 2.45) is 0 Å². The molecule has 5 heteroatoms. The van der Waals surface area contributed by atoms with Crippen LogP contribution in [0.4, 0.5) is 10.5 Å². The Kier molecular flexibility index (Phi) is 2.75. The number of hydrogen-bond acceptors (Lipinski definition) is 3. The van der Waals surface area contributed by atoms with Crippen LogP contribution in [-0.4, -0.2) is 42.0 Å². The highest BCUT2D eigenvalue weighted by atomic mass is 16.2. The van der Waals surface area contributed by atoms with Gasteiger partial charge in [0.1, 0.15) is 0 Å². The maximum absolute atomic E-state index is 11.8. The van der Waals surface area contributed by atoms with E-state index >= 15 is 0 Å². The molecule has 1 heterocycles. The Labute approximate surface area is 100 Å². The fourth-order valence-corrected chi connectivity index (χ4v) is 1.76. The van der Waals surface area contributed by atoms with E-state index < -0.39 is 6.17 Å². The molecular weight excluding hydrogens is 218 g/mol. The van der Waals surface area contributed by atoms with Crippen LogP contribution in [0.15, 0.2) is 24.3 Å². The molecule has 1 aliphatic heterocycles. The summed E-state index contributed by atoms with van der Waals surface area (Å²) in [6.45, 7) is 1.99. The van der Waals surface area contributed by atoms with Gasteiger partial charge in [-0.1, -0.05) is 17.7 Å². The molecule has 0 aromatic heterocycles. The predicted octanol–water partition coefficient (Wildman–Crippen LogP) is 1.26. The van der Waals surface area contributed by atoms with Crippen molar-refractivity contribution in [2.45, 2.75) is 13.1 Å². The third-order valence-electron chi connectivity index (χ3n) is 2.90. The summed E-state index contributed by atoms with van der Waals surface area (Å²) in [7, 11) is 3.09. The second-order valence-electron chi connectivity index (χ2n) is 4.20. The lowest BCUT2D eigenvalue weighted by Crippen LogP contribution is -2.38. The van der Waals surface area contributed by atoms with Gasteiger partial charge in [-0.15, -0.1) is 0 Å². The zero-order chi connectivity index (χ0) is 12.6. The van der Waals surface area contributed by atoms with Crippen LogP contribution in [0.1, 0.15) is 5.56 Å². The van der Waals surface area contributed by atoms with Crippen LogP contribution < -0.4 is 5.32 Å². The molecule has 0 spiro atoms. The molecule has 2 rings (SSSR count). The largest absolute Gasteiger partial charge is 0.357 e. The van der Waals surface area contributed by atoms with E-state index in [0.29, 0.717) is 0 Å². The van der Waals surface area contributed by atoms with Crippen molar-refractivity contribution in [3.63, 3.8) is 0 Å². The first kappa shape index (κ1) is 11.4. The first-order valence-electron chi connectivity index (χ1n) is 5.38. The molecule has 1 atom stereocenters. The van der Waals surface area contributed by atoms with Crippen LogP contribution in [0.2, 0.25) is 0 Å². The van der Waals surface area contributed by atoms with E-state index in [1.807, 2.05) is 31.2 Å². The van der Waals surface area contributed by atoms with E-state index in [4.69, 9.17) is 0 Å². The van der Waals surface area contributed by atoms with E-state index in [1.54, 1.807) is 7.05 Å². The second-order valence-corrected chi connectivity index (χ2v) is 4.20. The molecule has 1 saturated heterocycles. The van der Waals surface area contributed by atoms with E-state index in [1.165, 1.54) is 11.9 Å². The lowest BCUT2D eigenvalue weighted by atomic mass is 10.2. The average molecular weight is 233 g/mol. The molecule has 1 aliphatic rings. The number of urea groups is 1. The Morgan fingerprint density at radius 2 is 1.71 bits per heavy atom. The number of nitrogens with one attached hydrogen (secondary N) is 1. The molecule has 0 bridgehead atoms. The predicted molar refractivity (Wildman–Crippen MR) is 64.5 cm³/mol.